The third-order valence-electron chi connectivity index (χ3n) is 3.34. The zero-order chi connectivity index (χ0) is 11.3. The van der Waals surface area contributed by atoms with Crippen LogP contribution in [0.5, 0.6) is 0 Å². The molecule has 2 nitrogen and oxygen atoms in total. The number of nitrogens with one attached hydrogen (secondary N) is 1. The predicted molar refractivity (Wildman–Crippen MR) is 67.2 cm³/mol. The highest BCUT2D eigenvalue weighted by atomic mass is 15.2. The first-order valence-electron chi connectivity index (χ1n) is 6.61. The second-order valence-electron chi connectivity index (χ2n) is 5.43. The fourth-order valence-corrected chi connectivity index (χ4v) is 2.35. The monoisotopic (exact) mass is 212 g/mol. The first-order valence-corrected chi connectivity index (χ1v) is 6.61. The van der Waals surface area contributed by atoms with Gasteiger partial charge in [-0.2, -0.15) is 0 Å². The van der Waals surface area contributed by atoms with Crippen molar-refractivity contribution in [2.45, 2.75) is 59.0 Å². The molecule has 15 heavy (non-hydrogen) atoms. The fourth-order valence-electron chi connectivity index (χ4n) is 2.35. The minimum absolute atomic E-state index is 0.672. The molecule has 90 valence electrons. The topological polar surface area (TPSA) is 15.3 Å². The molecule has 0 aromatic carbocycles. The molecular formula is C13H28N2. The molecule has 0 aliphatic carbocycles. The highest BCUT2D eigenvalue weighted by molar-refractivity contribution is 4.83. The van der Waals surface area contributed by atoms with E-state index in [4.69, 9.17) is 0 Å². The smallest absolute Gasteiger partial charge is 0.0221 e. The van der Waals surface area contributed by atoms with Crippen LogP contribution in [-0.2, 0) is 0 Å². The SMILES string of the molecule is CCCC1CNC(C)CN1CCC(C)C. The maximum atomic E-state index is 3.59. The van der Waals surface area contributed by atoms with Gasteiger partial charge in [0.15, 0.2) is 0 Å². The van der Waals surface area contributed by atoms with Crippen LogP contribution in [0.4, 0.5) is 0 Å². The summed E-state index contributed by atoms with van der Waals surface area (Å²) in [5, 5.41) is 3.59. The molecule has 1 fully saturated rings. The number of hydrogen-bond acceptors (Lipinski definition) is 2. The van der Waals surface area contributed by atoms with Gasteiger partial charge in [-0.05, 0) is 32.2 Å². The standard InChI is InChI=1S/C13H28N2/c1-5-6-13-9-14-12(4)10-15(13)8-7-11(2)3/h11-14H,5-10H2,1-4H3. The maximum absolute atomic E-state index is 3.59. The average Bonchev–Trinajstić information content (AvgIpc) is 2.18. The highest BCUT2D eigenvalue weighted by Crippen LogP contribution is 2.14. The lowest BCUT2D eigenvalue weighted by molar-refractivity contribution is 0.121. The van der Waals surface area contributed by atoms with E-state index in [-0.39, 0.29) is 0 Å². The number of piperazine rings is 1. The Morgan fingerprint density at radius 2 is 2.13 bits per heavy atom. The van der Waals surface area contributed by atoms with Crippen LogP contribution in [0.2, 0.25) is 0 Å². The first-order chi connectivity index (χ1) is 7.13. The van der Waals surface area contributed by atoms with Crippen LogP contribution < -0.4 is 5.32 Å². The molecule has 0 aromatic heterocycles. The van der Waals surface area contributed by atoms with Gasteiger partial charge in [-0.15, -0.1) is 0 Å². The minimum Gasteiger partial charge on any atom is -0.311 e. The third kappa shape index (κ3) is 4.52. The van der Waals surface area contributed by atoms with Crippen LogP contribution in [0.3, 0.4) is 0 Å². The molecule has 0 bridgehead atoms. The second kappa shape index (κ2) is 6.49. The van der Waals surface area contributed by atoms with Crippen molar-refractivity contribution in [2.24, 2.45) is 5.92 Å². The van der Waals surface area contributed by atoms with E-state index >= 15 is 0 Å². The fraction of sp³-hybridized carbons (Fsp3) is 1.00. The van der Waals surface area contributed by atoms with Crippen LogP contribution in [-0.4, -0.2) is 36.6 Å². The summed E-state index contributed by atoms with van der Waals surface area (Å²) in [5.41, 5.74) is 0. The lowest BCUT2D eigenvalue weighted by Crippen LogP contribution is -2.55. The van der Waals surface area contributed by atoms with Crippen molar-refractivity contribution in [3.63, 3.8) is 0 Å². The Balaban J connectivity index is 2.39. The van der Waals surface area contributed by atoms with Gasteiger partial charge in [-0.1, -0.05) is 27.2 Å². The van der Waals surface area contributed by atoms with Crippen molar-refractivity contribution in [1.29, 1.82) is 0 Å². The average molecular weight is 212 g/mol. The van der Waals surface area contributed by atoms with Crippen molar-refractivity contribution < 1.29 is 0 Å². The Kier molecular flexibility index (Phi) is 5.62. The summed E-state index contributed by atoms with van der Waals surface area (Å²) in [6, 6.07) is 1.45. The lowest BCUT2D eigenvalue weighted by Gasteiger charge is -2.39. The normalized spacial score (nSPS) is 28.6. The van der Waals surface area contributed by atoms with Crippen molar-refractivity contribution in [3.05, 3.63) is 0 Å². The highest BCUT2D eigenvalue weighted by Gasteiger charge is 2.24. The third-order valence-corrected chi connectivity index (χ3v) is 3.34. The maximum Gasteiger partial charge on any atom is 0.0221 e. The lowest BCUT2D eigenvalue weighted by atomic mass is 10.0. The molecule has 0 radical (unpaired) electrons. The molecule has 1 rings (SSSR count). The Morgan fingerprint density at radius 3 is 2.73 bits per heavy atom. The van der Waals surface area contributed by atoms with Crippen molar-refractivity contribution in [2.75, 3.05) is 19.6 Å². The summed E-state index contributed by atoms with van der Waals surface area (Å²) in [6.07, 6.45) is 3.99. The molecule has 0 spiro atoms. The number of nitrogens with zero attached hydrogens (tertiary/aromatic N) is 1. The van der Waals surface area contributed by atoms with E-state index in [1.54, 1.807) is 0 Å². The van der Waals surface area contributed by atoms with Crippen LogP contribution in [0, 0.1) is 5.92 Å². The summed E-state index contributed by atoms with van der Waals surface area (Å²) < 4.78 is 0. The summed E-state index contributed by atoms with van der Waals surface area (Å²) in [5.74, 6) is 0.831. The Labute approximate surface area is 95.4 Å². The minimum atomic E-state index is 0.672. The van der Waals surface area contributed by atoms with E-state index in [1.807, 2.05) is 0 Å². The molecule has 1 aliphatic rings. The van der Waals surface area contributed by atoms with Crippen molar-refractivity contribution >= 4 is 0 Å². The molecule has 1 heterocycles. The Morgan fingerprint density at radius 1 is 1.40 bits per heavy atom. The van der Waals surface area contributed by atoms with Gasteiger partial charge >= 0.3 is 0 Å². The predicted octanol–water partition coefficient (Wildman–Crippen LogP) is 2.49. The van der Waals surface area contributed by atoms with E-state index in [2.05, 4.69) is 37.9 Å². The summed E-state index contributed by atoms with van der Waals surface area (Å²) in [4.78, 5) is 2.70. The van der Waals surface area contributed by atoms with E-state index in [0.29, 0.717) is 6.04 Å². The first kappa shape index (κ1) is 13.0. The molecule has 0 aromatic rings. The number of hydrogen-bond donors (Lipinski definition) is 1. The van der Waals surface area contributed by atoms with Crippen LogP contribution in [0.15, 0.2) is 0 Å². The van der Waals surface area contributed by atoms with Gasteiger partial charge in [0.05, 0.1) is 0 Å². The molecule has 1 saturated heterocycles. The van der Waals surface area contributed by atoms with Gasteiger partial charge in [0.2, 0.25) is 0 Å². The largest absolute Gasteiger partial charge is 0.311 e. The molecular weight excluding hydrogens is 184 g/mol. The van der Waals surface area contributed by atoms with Gasteiger partial charge in [-0.3, -0.25) is 4.90 Å². The van der Waals surface area contributed by atoms with Gasteiger partial charge in [0.1, 0.15) is 0 Å². The van der Waals surface area contributed by atoms with Crippen molar-refractivity contribution in [1.82, 2.24) is 10.2 Å². The van der Waals surface area contributed by atoms with Crippen LogP contribution in [0.1, 0.15) is 47.0 Å². The Bertz CT molecular complexity index is 168. The molecule has 1 aliphatic heterocycles. The quantitative estimate of drug-likeness (QED) is 0.753. The summed E-state index contributed by atoms with van der Waals surface area (Å²) in [7, 11) is 0. The molecule has 1 N–H and O–H groups in total. The zero-order valence-electron chi connectivity index (χ0n) is 10.9. The summed E-state index contributed by atoms with van der Waals surface area (Å²) >= 11 is 0. The molecule has 0 saturated carbocycles. The van der Waals surface area contributed by atoms with E-state index in [9.17, 15) is 0 Å². The van der Waals surface area contributed by atoms with Gasteiger partial charge in [0.25, 0.3) is 0 Å². The molecule has 2 atom stereocenters. The van der Waals surface area contributed by atoms with E-state index < -0.39 is 0 Å². The molecule has 2 unspecified atom stereocenters. The number of rotatable bonds is 5. The summed E-state index contributed by atoms with van der Waals surface area (Å²) in [6.45, 7) is 12.9. The zero-order valence-corrected chi connectivity index (χ0v) is 10.9. The van der Waals surface area contributed by atoms with Gasteiger partial charge < -0.3 is 5.32 Å². The molecule has 0 amide bonds. The van der Waals surface area contributed by atoms with Gasteiger partial charge in [0, 0.05) is 25.2 Å². The van der Waals surface area contributed by atoms with Crippen LogP contribution in [0.25, 0.3) is 0 Å². The Hall–Kier alpha value is -0.0800. The van der Waals surface area contributed by atoms with E-state index in [0.717, 1.165) is 12.0 Å². The van der Waals surface area contributed by atoms with Crippen molar-refractivity contribution in [3.8, 4) is 0 Å². The van der Waals surface area contributed by atoms with Crippen LogP contribution >= 0.6 is 0 Å². The van der Waals surface area contributed by atoms with E-state index in [1.165, 1.54) is 38.9 Å². The van der Waals surface area contributed by atoms with Gasteiger partial charge in [-0.25, -0.2) is 0 Å². The molecule has 2 heteroatoms. The second-order valence-corrected chi connectivity index (χ2v) is 5.43.